The van der Waals surface area contributed by atoms with Gasteiger partial charge in [0, 0.05) is 6.08 Å². The van der Waals surface area contributed by atoms with Crippen LogP contribution in [0.15, 0.2) is 24.3 Å². The number of benzene rings is 1. The van der Waals surface area contributed by atoms with E-state index in [0.29, 0.717) is 0 Å². The summed E-state index contributed by atoms with van der Waals surface area (Å²) in [4.78, 5) is 12.7. The summed E-state index contributed by atoms with van der Waals surface area (Å²) >= 11 is 0. The smallest absolute Gasteiger partial charge is 0.333 e. The van der Waals surface area contributed by atoms with Gasteiger partial charge in [0.25, 0.3) is 0 Å². The standard InChI is InChI=1S/C26H36O18/c27-6-12-16(31)19(34)22(37)25(42-12)41-11-5-9(1-3-10(11)29)2-4-15(30)44-26-23(20(35)17(32)13(7-28)43-26)40-14-8-39-24(38)21(36)18(14)33/h1-5,12-14,16-29,31-38H,6-8H2/t12-,13-,14+,16-,17-,18-,19+,20+,21+,22-,23-,24-,25-,26+/m1/s1. The predicted molar refractivity (Wildman–Crippen MR) is 138 cm³/mol. The highest BCUT2D eigenvalue weighted by molar-refractivity contribution is 5.87. The maximum absolute atomic E-state index is 12.7. The van der Waals surface area contributed by atoms with Crippen molar-refractivity contribution in [1.82, 2.24) is 0 Å². The van der Waals surface area contributed by atoms with Crippen molar-refractivity contribution in [3.63, 3.8) is 0 Å². The maximum Gasteiger partial charge on any atom is 0.333 e. The number of esters is 1. The average Bonchev–Trinajstić information content (AvgIpc) is 3.01. The summed E-state index contributed by atoms with van der Waals surface area (Å²) in [6.07, 6.45) is -20.7. The molecule has 0 amide bonds. The molecule has 44 heavy (non-hydrogen) atoms. The number of hydrogen-bond donors (Lipinski definition) is 11. The van der Waals surface area contributed by atoms with Gasteiger partial charge in [0.05, 0.1) is 19.8 Å². The van der Waals surface area contributed by atoms with Gasteiger partial charge in [-0.2, -0.15) is 0 Å². The Kier molecular flexibility index (Phi) is 11.5. The van der Waals surface area contributed by atoms with Crippen LogP contribution >= 0.6 is 0 Å². The zero-order chi connectivity index (χ0) is 32.3. The first kappa shape index (κ1) is 34.3. The molecule has 18 nitrogen and oxygen atoms in total. The summed E-state index contributed by atoms with van der Waals surface area (Å²) in [7, 11) is 0. The molecule has 0 radical (unpaired) electrons. The number of aromatic hydroxyl groups is 1. The maximum atomic E-state index is 12.7. The van der Waals surface area contributed by atoms with Gasteiger partial charge in [-0.25, -0.2) is 4.79 Å². The lowest BCUT2D eigenvalue weighted by Gasteiger charge is -2.44. The van der Waals surface area contributed by atoms with E-state index in [0.717, 1.165) is 6.08 Å². The van der Waals surface area contributed by atoms with Crippen molar-refractivity contribution in [2.45, 2.75) is 86.0 Å². The van der Waals surface area contributed by atoms with E-state index < -0.39 is 118 Å². The van der Waals surface area contributed by atoms with Gasteiger partial charge >= 0.3 is 5.97 Å². The molecule has 11 N–H and O–H groups in total. The number of aliphatic hydroxyl groups excluding tert-OH is 10. The van der Waals surface area contributed by atoms with E-state index in [-0.39, 0.29) is 11.3 Å². The van der Waals surface area contributed by atoms with Crippen LogP contribution in [0.25, 0.3) is 6.08 Å². The number of ether oxygens (including phenoxy) is 6. The third-order valence-corrected chi connectivity index (χ3v) is 7.33. The molecule has 14 atom stereocenters. The zero-order valence-corrected chi connectivity index (χ0v) is 22.9. The molecule has 0 bridgehead atoms. The summed E-state index contributed by atoms with van der Waals surface area (Å²) in [6, 6.07) is 3.75. The molecule has 3 saturated heterocycles. The molecule has 248 valence electrons. The van der Waals surface area contributed by atoms with Crippen molar-refractivity contribution in [3.05, 3.63) is 29.8 Å². The molecule has 0 saturated carbocycles. The summed E-state index contributed by atoms with van der Waals surface area (Å²) in [5.41, 5.74) is 0.232. The normalized spacial score (nSPS) is 41.4. The summed E-state index contributed by atoms with van der Waals surface area (Å²) in [5, 5.41) is 110. The molecule has 4 rings (SSSR count). The predicted octanol–water partition coefficient (Wildman–Crippen LogP) is -5.61. The zero-order valence-electron chi connectivity index (χ0n) is 22.9. The lowest BCUT2D eigenvalue weighted by molar-refractivity contribution is -0.329. The Morgan fingerprint density at radius 3 is 2.11 bits per heavy atom. The molecule has 0 spiro atoms. The van der Waals surface area contributed by atoms with Crippen molar-refractivity contribution >= 4 is 12.0 Å². The second kappa shape index (κ2) is 14.7. The van der Waals surface area contributed by atoms with Crippen LogP contribution in [0.4, 0.5) is 0 Å². The molecule has 0 unspecified atom stereocenters. The van der Waals surface area contributed by atoms with Crippen LogP contribution in [0.3, 0.4) is 0 Å². The Balaban J connectivity index is 1.45. The highest BCUT2D eigenvalue weighted by atomic mass is 16.7. The third kappa shape index (κ3) is 7.46. The third-order valence-electron chi connectivity index (χ3n) is 7.33. The van der Waals surface area contributed by atoms with Crippen molar-refractivity contribution in [2.24, 2.45) is 0 Å². The van der Waals surface area contributed by atoms with E-state index in [9.17, 15) is 61.0 Å². The van der Waals surface area contributed by atoms with Gasteiger partial charge in [-0.1, -0.05) is 6.07 Å². The molecular formula is C26H36O18. The second-order valence-corrected chi connectivity index (χ2v) is 10.4. The van der Waals surface area contributed by atoms with Crippen LogP contribution in [0.5, 0.6) is 11.5 Å². The van der Waals surface area contributed by atoms with Gasteiger partial charge in [-0.3, -0.25) is 0 Å². The van der Waals surface area contributed by atoms with Crippen molar-refractivity contribution in [3.8, 4) is 11.5 Å². The fourth-order valence-electron chi connectivity index (χ4n) is 4.73. The monoisotopic (exact) mass is 636 g/mol. The van der Waals surface area contributed by atoms with E-state index in [1.54, 1.807) is 0 Å². The topological polar surface area (TPSA) is 295 Å². The molecule has 3 aliphatic rings. The first-order chi connectivity index (χ1) is 20.9. The highest BCUT2D eigenvalue weighted by Crippen LogP contribution is 2.32. The number of hydrogen-bond acceptors (Lipinski definition) is 18. The lowest BCUT2D eigenvalue weighted by Crippen LogP contribution is -2.63. The van der Waals surface area contributed by atoms with E-state index in [1.807, 2.05) is 0 Å². The second-order valence-electron chi connectivity index (χ2n) is 10.4. The first-order valence-corrected chi connectivity index (χ1v) is 13.5. The Bertz CT molecular complexity index is 1130. The largest absolute Gasteiger partial charge is 0.504 e. The molecule has 3 fully saturated rings. The van der Waals surface area contributed by atoms with Gasteiger partial charge < -0.3 is 84.6 Å². The van der Waals surface area contributed by atoms with E-state index in [1.165, 1.54) is 24.3 Å². The first-order valence-electron chi connectivity index (χ1n) is 13.5. The van der Waals surface area contributed by atoms with Crippen LogP contribution in [-0.4, -0.2) is 168 Å². The van der Waals surface area contributed by atoms with Gasteiger partial charge in [-0.05, 0) is 23.8 Å². The number of rotatable bonds is 9. The van der Waals surface area contributed by atoms with E-state index >= 15 is 0 Å². The van der Waals surface area contributed by atoms with E-state index in [4.69, 9.17) is 28.4 Å². The quantitative estimate of drug-likeness (QED) is 0.0889. The number of phenolic OH excluding ortho intramolecular Hbond substituents is 1. The number of aliphatic hydroxyl groups is 10. The number of carbonyl (C=O) groups is 1. The molecular weight excluding hydrogens is 600 g/mol. The van der Waals surface area contributed by atoms with Gasteiger partial charge in [0.1, 0.15) is 67.1 Å². The summed E-state index contributed by atoms with van der Waals surface area (Å²) < 4.78 is 31.8. The van der Waals surface area contributed by atoms with Gasteiger partial charge in [-0.15, -0.1) is 0 Å². The SMILES string of the molecule is O=C(C=Cc1ccc(O)c(O[C@@H]2O[C@H](CO)[C@@H](O)[C@H](O)[C@H]2O)c1)O[C@@H]1O[C@H](CO)[C@@H](O)[C@H](O)[C@H]1O[C@H]1CO[C@@H](O)[C@@H](O)[C@@H]1O. The Morgan fingerprint density at radius 1 is 0.818 bits per heavy atom. The van der Waals surface area contributed by atoms with Crippen LogP contribution in [0.1, 0.15) is 5.56 Å². The summed E-state index contributed by atoms with van der Waals surface area (Å²) in [5.74, 6) is -1.77. The van der Waals surface area contributed by atoms with Crippen LogP contribution in [0, 0.1) is 0 Å². The van der Waals surface area contributed by atoms with E-state index in [2.05, 4.69) is 0 Å². The number of phenols is 1. The molecule has 0 aliphatic carbocycles. The van der Waals surface area contributed by atoms with Crippen LogP contribution < -0.4 is 4.74 Å². The number of carbonyl (C=O) groups excluding carboxylic acids is 1. The minimum absolute atomic E-state index is 0.232. The van der Waals surface area contributed by atoms with Crippen LogP contribution in [-0.2, 0) is 28.5 Å². The minimum Gasteiger partial charge on any atom is -0.504 e. The molecule has 18 heteroatoms. The molecule has 3 aliphatic heterocycles. The molecule has 3 heterocycles. The molecule has 1 aromatic carbocycles. The lowest BCUT2D eigenvalue weighted by atomic mass is 9.98. The molecule has 1 aromatic rings. The fraction of sp³-hybridized carbons (Fsp3) is 0.654. The Hall–Kier alpha value is -2.53. The fourth-order valence-corrected chi connectivity index (χ4v) is 4.73. The van der Waals surface area contributed by atoms with Crippen LogP contribution in [0.2, 0.25) is 0 Å². The van der Waals surface area contributed by atoms with Gasteiger partial charge in [0.15, 0.2) is 17.8 Å². The van der Waals surface area contributed by atoms with Crippen molar-refractivity contribution < 1.29 is 89.4 Å². The van der Waals surface area contributed by atoms with Crippen molar-refractivity contribution in [2.75, 3.05) is 19.8 Å². The summed E-state index contributed by atoms with van der Waals surface area (Å²) in [6.45, 7) is -1.93. The Labute approximate surface area is 249 Å². The minimum atomic E-state index is -1.81. The molecule has 0 aromatic heterocycles. The highest BCUT2D eigenvalue weighted by Gasteiger charge is 2.50. The average molecular weight is 637 g/mol. The van der Waals surface area contributed by atoms with Crippen molar-refractivity contribution in [1.29, 1.82) is 0 Å². The van der Waals surface area contributed by atoms with Gasteiger partial charge in [0.2, 0.25) is 12.6 Å². The Morgan fingerprint density at radius 2 is 1.45 bits per heavy atom.